The summed E-state index contributed by atoms with van der Waals surface area (Å²) in [6, 6.07) is 11.3. The predicted molar refractivity (Wildman–Crippen MR) is 104 cm³/mol. The molecule has 0 saturated carbocycles. The number of hydrogen-bond acceptors (Lipinski definition) is 5. The average Bonchev–Trinajstić information content (AvgIpc) is 3.16. The molecule has 1 saturated heterocycles. The topological polar surface area (TPSA) is 48.0 Å². The lowest BCUT2D eigenvalue weighted by atomic mass is 10.1. The summed E-state index contributed by atoms with van der Waals surface area (Å²) in [6.07, 6.45) is 0. The summed E-state index contributed by atoms with van der Waals surface area (Å²) in [6.45, 7) is 1.63. The fourth-order valence-corrected chi connectivity index (χ4v) is 4.88. The number of fused-ring (bicyclic) bond motifs is 1. The van der Waals surface area contributed by atoms with Crippen LogP contribution in [0.2, 0.25) is 0 Å². The number of benzene rings is 2. The molecule has 4 rings (SSSR count). The molecule has 2 aliphatic heterocycles. The van der Waals surface area contributed by atoms with Crippen molar-refractivity contribution in [2.75, 3.05) is 32.6 Å². The van der Waals surface area contributed by atoms with E-state index < -0.39 is 0 Å². The highest BCUT2D eigenvalue weighted by Gasteiger charge is 2.35. The minimum atomic E-state index is -0.102. The minimum absolute atomic E-state index is 0.0515. The monoisotopic (exact) mass is 435 g/mol. The summed E-state index contributed by atoms with van der Waals surface area (Å²) in [5.41, 5.74) is 1.53. The molecule has 26 heavy (non-hydrogen) atoms. The minimum Gasteiger partial charge on any atom is -0.496 e. The summed E-state index contributed by atoms with van der Waals surface area (Å²) >= 11 is 5.25. The van der Waals surface area contributed by atoms with Gasteiger partial charge in [-0.05, 0) is 30.3 Å². The Hall–Kier alpha value is -1.86. The molecule has 1 atom stereocenters. The largest absolute Gasteiger partial charge is 0.496 e. The van der Waals surface area contributed by atoms with Gasteiger partial charge in [0.25, 0.3) is 5.91 Å². The number of hydrogen-bond donors (Lipinski definition) is 0. The van der Waals surface area contributed by atoms with Crippen molar-refractivity contribution >= 4 is 33.6 Å². The molecular formula is C19H18BrNO4S. The summed E-state index contributed by atoms with van der Waals surface area (Å²) < 4.78 is 17.8. The number of ether oxygens (including phenoxy) is 3. The van der Waals surface area contributed by atoms with Gasteiger partial charge in [0, 0.05) is 22.3 Å². The summed E-state index contributed by atoms with van der Waals surface area (Å²) in [5.74, 6) is 2.77. The molecule has 2 heterocycles. The smallest absolute Gasteiger partial charge is 0.258 e. The summed E-state index contributed by atoms with van der Waals surface area (Å²) in [7, 11) is 1.65. The van der Waals surface area contributed by atoms with Crippen molar-refractivity contribution in [2.24, 2.45) is 0 Å². The Morgan fingerprint density at radius 2 is 2.12 bits per heavy atom. The Labute approximate surface area is 164 Å². The normalized spacial score (nSPS) is 18.7. The van der Waals surface area contributed by atoms with Crippen LogP contribution in [-0.2, 0) is 0 Å². The lowest BCUT2D eigenvalue weighted by Crippen LogP contribution is -2.31. The van der Waals surface area contributed by atoms with Gasteiger partial charge in [-0.3, -0.25) is 4.79 Å². The highest BCUT2D eigenvalue weighted by Crippen LogP contribution is 2.44. The van der Waals surface area contributed by atoms with Crippen LogP contribution in [0.25, 0.3) is 0 Å². The maximum absolute atomic E-state index is 13.3. The molecule has 0 radical (unpaired) electrons. The zero-order chi connectivity index (χ0) is 18.1. The number of amides is 1. The first-order valence-corrected chi connectivity index (χ1v) is 10.2. The lowest BCUT2D eigenvalue weighted by Gasteiger charge is -2.27. The first kappa shape index (κ1) is 17.5. The number of para-hydroxylation sites is 1. The molecule has 0 aromatic heterocycles. The molecule has 136 valence electrons. The molecule has 1 unspecified atom stereocenters. The molecule has 0 N–H and O–H groups in total. The van der Waals surface area contributed by atoms with Crippen LogP contribution in [0.1, 0.15) is 21.3 Å². The van der Waals surface area contributed by atoms with Gasteiger partial charge in [-0.2, -0.15) is 0 Å². The Kier molecular flexibility index (Phi) is 5.00. The first-order valence-electron chi connectivity index (χ1n) is 8.33. The van der Waals surface area contributed by atoms with Crippen molar-refractivity contribution in [3.8, 4) is 17.2 Å². The van der Waals surface area contributed by atoms with E-state index in [2.05, 4.69) is 15.9 Å². The highest BCUT2D eigenvalue weighted by molar-refractivity contribution is 9.10. The van der Waals surface area contributed by atoms with E-state index >= 15 is 0 Å². The van der Waals surface area contributed by atoms with Crippen LogP contribution in [0.15, 0.2) is 40.9 Å². The average molecular weight is 436 g/mol. The summed E-state index contributed by atoms with van der Waals surface area (Å²) in [4.78, 5) is 15.2. The number of carbonyl (C=O) groups is 1. The number of thioether (sulfide) groups is 1. The molecule has 2 aromatic carbocycles. The van der Waals surface area contributed by atoms with Crippen LogP contribution in [0.4, 0.5) is 0 Å². The molecule has 2 aromatic rings. The van der Waals surface area contributed by atoms with Gasteiger partial charge in [0.05, 0.1) is 12.7 Å². The van der Waals surface area contributed by atoms with Gasteiger partial charge in [0.1, 0.15) is 24.3 Å². The van der Waals surface area contributed by atoms with Crippen molar-refractivity contribution in [1.82, 2.24) is 4.90 Å². The van der Waals surface area contributed by atoms with E-state index in [9.17, 15) is 4.79 Å². The van der Waals surface area contributed by atoms with Crippen LogP contribution in [0.3, 0.4) is 0 Å². The SMILES string of the molecule is COc1ccc(Br)cc1C1SCCN1C(=O)c1cccc2c1OCCO2. The Morgan fingerprint density at radius 3 is 2.96 bits per heavy atom. The Balaban J connectivity index is 1.70. The number of carbonyl (C=O) groups excluding carboxylic acids is 1. The van der Waals surface area contributed by atoms with Gasteiger partial charge in [0.15, 0.2) is 11.5 Å². The van der Waals surface area contributed by atoms with E-state index in [0.717, 1.165) is 21.5 Å². The van der Waals surface area contributed by atoms with Crippen LogP contribution in [-0.4, -0.2) is 43.4 Å². The molecule has 0 spiro atoms. The van der Waals surface area contributed by atoms with Crippen molar-refractivity contribution in [3.05, 3.63) is 52.0 Å². The fraction of sp³-hybridized carbons (Fsp3) is 0.316. The number of halogens is 1. The standard InChI is InChI=1S/C19H18BrNO4S/c1-23-15-6-5-12(20)11-14(15)19-21(7-10-26-19)18(22)13-3-2-4-16-17(13)25-9-8-24-16/h2-6,11,19H,7-10H2,1H3. The second-order valence-electron chi connectivity index (χ2n) is 5.94. The molecular weight excluding hydrogens is 418 g/mol. The van der Waals surface area contributed by atoms with E-state index in [-0.39, 0.29) is 11.3 Å². The lowest BCUT2D eigenvalue weighted by molar-refractivity contribution is 0.0748. The van der Waals surface area contributed by atoms with Gasteiger partial charge in [-0.15, -0.1) is 11.8 Å². The summed E-state index contributed by atoms with van der Waals surface area (Å²) in [5, 5.41) is -0.102. The van der Waals surface area contributed by atoms with Crippen LogP contribution >= 0.6 is 27.7 Å². The van der Waals surface area contributed by atoms with Crippen molar-refractivity contribution in [3.63, 3.8) is 0 Å². The highest BCUT2D eigenvalue weighted by atomic mass is 79.9. The van der Waals surface area contributed by atoms with Crippen LogP contribution < -0.4 is 14.2 Å². The molecule has 5 nitrogen and oxygen atoms in total. The number of nitrogens with zero attached hydrogens (tertiary/aromatic N) is 1. The molecule has 0 aliphatic carbocycles. The zero-order valence-corrected chi connectivity index (χ0v) is 16.6. The third kappa shape index (κ3) is 3.14. The Morgan fingerprint density at radius 1 is 1.27 bits per heavy atom. The molecule has 2 aliphatic rings. The van der Waals surface area contributed by atoms with Gasteiger partial charge >= 0.3 is 0 Å². The van der Waals surface area contributed by atoms with Crippen molar-refractivity contribution in [2.45, 2.75) is 5.37 Å². The second-order valence-corrected chi connectivity index (χ2v) is 8.04. The van der Waals surface area contributed by atoms with Gasteiger partial charge in [0.2, 0.25) is 0 Å². The Bertz CT molecular complexity index is 844. The van der Waals surface area contributed by atoms with Crippen molar-refractivity contribution < 1.29 is 19.0 Å². The van der Waals surface area contributed by atoms with E-state index in [1.165, 1.54) is 0 Å². The van der Waals surface area contributed by atoms with Crippen molar-refractivity contribution in [1.29, 1.82) is 0 Å². The van der Waals surface area contributed by atoms with Crippen LogP contribution in [0, 0.1) is 0 Å². The van der Waals surface area contributed by atoms with Gasteiger partial charge < -0.3 is 19.1 Å². The van der Waals surface area contributed by atoms with Gasteiger partial charge in [-0.1, -0.05) is 22.0 Å². The van der Waals surface area contributed by atoms with Crippen LogP contribution in [0.5, 0.6) is 17.2 Å². The maximum Gasteiger partial charge on any atom is 0.258 e. The fourth-order valence-electron chi connectivity index (χ4n) is 3.23. The molecule has 1 fully saturated rings. The predicted octanol–water partition coefficient (Wildman–Crippen LogP) is 4.12. The first-order chi connectivity index (χ1) is 12.7. The van der Waals surface area contributed by atoms with E-state index in [0.29, 0.717) is 36.8 Å². The third-order valence-electron chi connectivity index (χ3n) is 4.41. The number of rotatable bonds is 3. The van der Waals surface area contributed by atoms with E-state index in [4.69, 9.17) is 14.2 Å². The zero-order valence-electron chi connectivity index (χ0n) is 14.2. The van der Waals surface area contributed by atoms with E-state index in [1.54, 1.807) is 24.9 Å². The third-order valence-corrected chi connectivity index (χ3v) is 6.14. The molecule has 1 amide bonds. The van der Waals surface area contributed by atoms with E-state index in [1.807, 2.05) is 35.2 Å². The molecule has 7 heteroatoms. The molecule has 0 bridgehead atoms. The van der Waals surface area contributed by atoms with Gasteiger partial charge in [-0.25, -0.2) is 0 Å². The second kappa shape index (κ2) is 7.40. The maximum atomic E-state index is 13.3. The quantitative estimate of drug-likeness (QED) is 0.725. The number of methoxy groups -OCH3 is 1.